The maximum Gasteiger partial charge on any atom is 0.0562 e. The normalized spacial score (nSPS) is 15.0. The molecule has 0 N–H and O–H groups in total. The minimum absolute atomic E-state index is 1.09. The van der Waals surface area contributed by atoms with Gasteiger partial charge in [-0.15, -0.1) is 0 Å². The molecule has 1 nitrogen and oxygen atoms in total. The van der Waals surface area contributed by atoms with Crippen molar-refractivity contribution in [3.8, 4) is 0 Å². The SMILES string of the molecule is CC.C\C=C/C=C(\C=C/C)C1=Cc2c(n(C)c3c(/C(C)=C/C)cccc23)CC1. The number of hydrogen-bond donors (Lipinski definition) is 0. The molecule has 148 valence electrons. The lowest BCUT2D eigenvalue weighted by Gasteiger charge is -2.16. The highest BCUT2D eigenvalue weighted by Gasteiger charge is 2.21. The van der Waals surface area contributed by atoms with Crippen LogP contribution in [-0.2, 0) is 13.5 Å². The number of allylic oxidation sites excluding steroid dienone is 9. The fourth-order valence-corrected chi connectivity index (χ4v) is 3.91. The van der Waals surface area contributed by atoms with Gasteiger partial charge in [0.2, 0.25) is 0 Å². The van der Waals surface area contributed by atoms with Crippen LogP contribution < -0.4 is 0 Å². The van der Waals surface area contributed by atoms with Crippen LogP contribution in [0.1, 0.15) is 64.8 Å². The quantitative estimate of drug-likeness (QED) is 0.478. The molecule has 0 atom stereocenters. The molecule has 0 fully saturated rings. The lowest BCUT2D eigenvalue weighted by molar-refractivity contribution is 0.809. The van der Waals surface area contributed by atoms with Crippen LogP contribution in [0.15, 0.2) is 65.8 Å². The van der Waals surface area contributed by atoms with Gasteiger partial charge in [-0.25, -0.2) is 0 Å². The molecule has 3 rings (SSSR count). The molecule has 1 heterocycles. The van der Waals surface area contributed by atoms with E-state index in [0.717, 1.165) is 12.8 Å². The third kappa shape index (κ3) is 4.14. The molecule has 0 amide bonds. The molecule has 1 aromatic heterocycles. The van der Waals surface area contributed by atoms with Crippen molar-refractivity contribution in [2.24, 2.45) is 7.05 Å². The van der Waals surface area contributed by atoms with Gasteiger partial charge in [0.05, 0.1) is 5.52 Å². The van der Waals surface area contributed by atoms with Gasteiger partial charge in [-0.3, -0.25) is 0 Å². The summed E-state index contributed by atoms with van der Waals surface area (Å²) in [5.41, 5.74) is 9.62. The molecular weight excluding hydrogens is 338 g/mol. The highest BCUT2D eigenvalue weighted by atomic mass is 15.0. The Morgan fingerprint density at radius 2 is 1.79 bits per heavy atom. The molecular formula is C27H35N. The van der Waals surface area contributed by atoms with Gasteiger partial charge in [-0.05, 0) is 63.3 Å². The van der Waals surface area contributed by atoms with E-state index in [0.29, 0.717) is 0 Å². The van der Waals surface area contributed by atoms with Gasteiger partial charge in [0.25, 0.3) is 0 Å². The van der Waals surface area contributed by atoms with E-state index in [2.05, 4.69) is 100 Å². The van der Waals surface area contributed by atoms with Crippen LogP contribution in [0.25, 0.3) is 22.6 Å². The molecule has 0 aliphatic heterocycles. The van der Waals surface area contributed by atoms with Crippen LogP contribution in [0.2, 0.25) is 0 Å². The molecule has 0 bridgehead atoms. The average molecular weight is 374 g/mol. The van der Waals surface area contributed by atoms with Crippen LogP contribution in [0.5, 0.6) is 0 Å². The maximum atomic E-state index is 2.41. The van der Waals surface area contributed by atoms with Crippen LogP contribution >= 0.6 is 0 Å². The summed E-state index contributed by atoms with van der Waals surface area (Å²) >= 11 is 0. The molecule has 0 saturated carbocycles. The Bertz CT molecular complexity index is 971. The first-order valence-corrected chi connectivity index (χ1v) is 10.5. The van der Waals surface area contributed by atoms with E-state index < -0.39 is 0 Å². The molecule has 1 aliphatic rings. The molecule has 0 spiro atoms. The van der Waals surface area contributed by atoms with Gasteiger partial charge in [-0.2, -0.15) is 0 Å². The Labute approximate surface area is 171 Å². The maximum absolute atomic E-state index is 2.41. The molecule has 0 unspecified atom stereocenters. The number of para-hydroxylation sites is 1. The minimum atomic E-state index is 1.09. The summed E-state index contributed by atoms with van der Waals surface area (Å²) in [5.74, 6) is 0. The first-order chi connectivity index (χ1) is 13.6. The Morgan fingerprint density at radius 1 is 1.04 bits per heavy atom. The lowest BCUT2D eigenvalue weighted by atomic mass is 9.90. The number of nitrogens with zero attached hydrogens (tertiary/aromatic N) is 1. The first-order valence-electron chi connectivity index (χ1n) is 10.5. The summed E-state index contributed by atoms with van der Waals surface area (Å²) in [6.45, 7) is 12.5. The van der Waals surface area contributed by atoms with E-state index in [1.54, 1.807) is 0 Å². The zero-order valence-corrected chi connectivity index (χ0v) is 18.6. The first kappa shape index (κ1) is 21.8. The predicted octanol–water partition coefficient (Wildman–Crippen LogP) is 8.04. The molecule has 28 heavy (non-hydrogen) atoms. The van der Waals surface area contributed by atoms with Crippen LogP contribution in [-0.4, -0.2) is 4.57 Å². The highest BCUT2D eigenvalue weighted by molar-refractivity contribution is 5.99. The fourth-order valence-electron chi connectivity index (χ4n) is 3.91. The smallest absolute Gasteiger partial charge is 0.0562 e. The Morgan fingerprint density at radius 3 is 2.43 bits per heavy atom. The number of rotatable bonds is 4. The zero-order valence-electron chi connectivity index (χ0n) is 18.6. The number of aryl methyl sites for hydroxylation is 1. The fraction of sp³-hybridized carbons (Fsp3) is 0.333. The number of fused-ring (bicyclic) bond motifs is 3. The van der Waals surface area contributed by atoms with E-state index in [4.69, 9.17) is 0 Å². The Hall–Kier alpha value is -2.54. The summed E-state index contributed by atoms with van der Waals surface area (Å²) < 4.78 is 2.41. The van der Waals surface area contributed by atoms with Crippen LogP contribution in [0, 0.1) is 0 Å². The molecule has 0 saturated heterocycles. The summed E-state index contributed by atoms with van der Waals surface area (Å²) in [6, 6.07) is 6.70. The molecule has 1 aromatic carbocycles. The zero-order chi connectivity index (χ0) is 20.7. The van der Waals surface area contributed by atoms with E-state index in [9.17, 15) is 0 Å². The van der Waals surface area contributed by atoms with Crippen molar-refractivity contribution in [3.05, 3.63) is 82.6 Å². The minimum Gasteiger partial charge on any atom is -0.347 e. The Kier molecular flexibility index (Phi) is 7.87. The molecule has 1 heteroatoms. The van der Waals surface area contributed by atoms with E-state index in [-0.39, 0.29) is 0 Å². The number of benzene rings is 1. The van der Waals surface area contributed by atoms with Gasteiger partial charge >= 0.3 is 0 Å². The van der Waals surface area contributed by atoms with Crippen molar-refractivity contribution in [1.29, 1.82) is 0 Å². The average Bonchev–Trinajstić information content (AvgIpc) is 3.04. The molecule has 2 aromatic rings. The lowest BCUT2D eigenvalue weighted by Crippen LogP contribution is -2.04. The van der Waals surface area contributed by atoms with Gasteiger partial charge in [0.15, 0.2) is 0 Å². The van der Waals surface area contributed by atoms with Crippen molar-refractivity contribution in [3.63, 3.8) is 0 Å². The van der Waals surface area contributed by atoms with Crippen LogP contribution in [0.3, 0.4) is 0 Å². The van der Waals surface area contributed by atoms with Gasteiger partial charge < -0.3 is 4.57 Å². The standard InChI is InChI=1S/C25H29N.C2H6/c1-6-9-12-19(11-7-2)20-15-16-24-23(17-20)22-14-10-13-21(18(4)8-3)25(22)26(24)5;1-2/h6-14,17H,15-16H2,1-5H3;1-2H3/b9-6-,11-7-,18-8+,19-12+;. The third-order valence-electron chi connectivity index (χ3n) is 5.37. The van der Waals surface area contributed by atoms with Crippen LogP contribution in [0.4, 0.5) is 0 Å². The largest absolute Gasteiger partial charge is 0.347 e. The van der Waals surface area contributed by atoms with E-state index >= 15 is 0 Å². The van der Waals surface area contributed by atoms with Gasteiger partial charge in [0.1, 0.15) is 0 Å². The second-order valence-electron chi connectivity index (χ2n) is 6.91. The summed E-state index contributed by atoms with van der Waals surface area (Å²) in [4.78, 5) is 0. The second-order valence-corrected chi connectivity index (χ2v) is 6.91. The third-order valence-corrected chi connectivity index (χ3v) is 5.37. The van der Waals surface area contributed by atoms with Crippen molar-refractivity contribution >= 4 is 22.6 Å². The number of hydrogen-bond acceptors (Lipinski definition) is 0. The van der Waals surface area contributed by atoms with Gasteiger partial charge in [-0.1, -0.05) is 68.5 Å². The monoisotopic (exact) mass is 373 g/mol. The summed E-state index contributed by atoms with van der Waals surface area (Å²) in [7, 11) is 2.22. The summed E-state index contributed by atoms with van der Waals surface area (Å²) in [5, 5.41) is 1.37. The van der Waals surface area contributed by atoms with E-state index in [1.165, 1.54) is 44.4 Å². The number of aromatic nitrogens is 1. The topological polar surface area (TPSA) is 4.93 Å². The molecule has 1 aliphatic carbocycles. The highest BCUT2D eigenvalue weighted by Crippen LogP contribution is 2.37. The Balaban J connectivity index is 0.00000136. The predicted molar refractivity (Wildman–Crippen MR) is 128 cm³/mol. The van der Waals surface area contributed by atoms with Crippen molar-refractivity contribution in [2.45, 2.75) is 54.4 Å². The second kappa shape index (κ2) is 10.1. The summed E-state index contributed by atoms with van der Waals surface area (Å²) in [6.07, 6.45) is 17.6. The van der Waals surface area contributed by atoms with Gasteiger partial charge in [0, 0.05) is 29.3 Å². The molecule has 0 radical (unpaired) electrons. The van der Waals surface area contributed by atoms with Crippen molar-refractivity contribution < 1.29 is 0 Å². The van der Waals surface area contributed by atoms with E-state index in [1.807, 2.05) is 13.8 Å². The van der Waals surface area contributed by atoms with Crippen molar-refractivity contribution in [1.82, 2.24) is 4.57 Å². The van der Waals surface area contributed by atoms with Crippen molar-refractivity contribution in [2.75, 3.05) is 0 Å².